The van der Waals surface area contributed by atoms with Crippen LogP contribution in [0.15, 0.2) is 27.3 Å². The zero-order valence-corrected chi connectivity index (χ0v) is 9.65. The quantitative estimate of drug-likeness (QED) is 0.917. The van der Waals surface area contributed by atoms with Gasteiger partial charge in [0.05, 0.1) is 6.54 Å². The van der Waals surface area contributed by atoms with Gasteiger partial charge in [-0.2, -0.15) is 4.98 Å². The van der Waals surface area contributed by atoms with Crippen molar-refractivity contribution >= 4 is 15.9 Å². The summed E-state index contributed by atoms with van der Waals surface area (Å²) < 4.78 is 5.93. The maximum atomic E-state index is 5.09. The van der Waals surface area contributed by atoms with Gasteiger partial charge in [0.25, 0.3) is 5.89 Å². The van der Waals surface area contributed by atoms with Crippen LogP contribution in [-0.4, -0.2) is 22.2 Å². The molecule has 0 aromatic carbocycles. The highest BCUT2D eigenvalue weighted by Crippen LogP contribution is 2.23. The van der Waals surface area contributed by atoms with Crippen LogP contribution in [0.5, 0.6) is 0 Å². The van der Waals surface area contributed by atoms with E-state index in [1.54, 1.807) is 6.20 Å². The molecule has 78 valence electrons. The average molecular weight is 269 g/mol. The lowest BCUT2D eigenvalue weighted by atomic mass is 10.3. The fourth-order valence-corrected chi connectivity index (χ4v) is 1.55. The summed E-state index contributed by atoms with van der Waals surface area (Å²) in [5, 5.41) is 6.76. The summed E-state index contributed by atoms with van der Waals surface area (Å²) in [4.78, 5) is 8.36. The first-order valence-electron chi connectivity index (χ1n) is 4.39. The molecular weight excluding hydrogens is 260 g/mol. The summed E-state index contributed by atoms with van der Waals surface area (Å²) in [6, 6.07) is 3.71. The number of hydrogen-bond acceptors (Lipinski definition) is 5. The van der Waals surface area contributed by atoms with Gasteiger partial charge < -0.3 is 9.84 Å². The van der Waals surface area contributed by atoms with Crippen molar-refractivity contribution in [1.29, 1.82) is 0 Å². The van der Waals surface area contributed by atoms with Crippen LogP contribution < -0.4 is 5.32 Å². The molecule has 0 fully saturated rings. The van der Waals surface area contributed by atoms with E-state index in [0.717, 1.165) is 4.47 Å². The fourth-order valence-electron chi connectivity index (χ4n) is 1.12. The Hall–Kier alpha value is -1.27. The lowest BCUT2D eigenvalue weighted by Crippen LogP contribution is -2.06. The van der Waals surface area contributed by atoms with Crippen LogP contribution >= 0.6 is 15.9 Å². The second-order valence-corrected chi connectivity index (χ2v) is 3.73. The third-order valence-electron chi connectivity index (χ3n) is 1.76. The number of nitrogens with one attached hydrogen (secondary N) is 1. The molecule has 1 N–H and O–H groups in total. The zero-order valence-electron chi connectivity index (χ0n) is 8.07. The second kappa shape index (κ2) is 4.50. The van der Waals surface area contributed by atoms with Crippen LogP contribution in [0.3, 0.4) is 0 Å². The van der Waals surface area contributed by atoms with E-state index in [-0.39, 0.29) is 0 Å². The molecule has 0 amide bonds. The molecule has 6 heteroatoms. The second-order valence-electron chi connectivity index (χ2n) is 2.88. The number of nitrogens with zero attached hydrogens (tertiary/aromatic N) is 3. The molecule has 0 unspecified atom stereocenters. The highest BCUT2D eigenvalue weighted by atomic mass is 79.9. The van der Waals surface area contributed by atoms with Crippen molar-refractivity contribution in [3.63, 3.8) is 0 Å². The Morgan fingerprint density at radius 3 is 3.13 bits per heavy atom. The molecule has 5 nitrogen and oxygen atoms in total. The smallest absolute Gasteiger partial charge is 0.277 e. The van der Waals surface area contributed by atoms with E-state index in [9.17, 15) is 0 Å². The van der Waals surface area contributed by atoms with Gasteiger partial charge in [0.2, 0.25) is 0 Å². The molecule has 0 atom stereocenters. The molecule has 0 aliphatic carbocycles. The molecule has 0 bridgehead atoms. The molecule has 0 saturated carbocycles. The van der Waals surface area contributed by atoms with E-state index in [1.165, 1.54) is 0 Å². The van der Waals surface area contributed by atoms with E-state index >= 15 is 0 Å². The zero-order chi connectivity index (χ0) is 10.7. The first-order chi connectivity index (χ1) is 7.31. The van der Waals surface area contributed by atoms with Gasteiger partial charge in [-0.3, -0.25) is 0 Å². The molecule has 2 aromatic rings. The maximum Gasteiger partial charge on any atom is 0.277 e. The first-order valence-corrected chi connectivity index (χ1v) is 5.18. The van der Waals surface area contributed by atoms with E-state index in [0.29, 0.717) is 24.0 Å². The van der Waals surface area contributed by atoms with Crippen molar-refractivity contribution in [2.45, 2.75) is 6.54 Å². The third-order valence-corrected chi connectivity index (χ3v) is 2.40. The molecule has 15 heavy (non-hydrogen) atoms. The predicted octanol–water partition coefficient (Wildman–Crippen LogP) is 1.61. The fraction of sp³-hybridized carbons (Fsp3) is 0.222. The van der Waals surface area contributed by atoms with Gasteiger partial charge in [-0.05, 0) is 35.1 Å². The van der Waals surface area contributed by atoms with Crippen LogP contribution in [0.4, 0.5) is 0 Å². The van der Waals surface area contributed by atoms with Gasteiger partial charge in [0, 0.05) is 10.7 Å². The standard InChI is InChI=1S/C9H9BrN4O/c1-11-5-7-13-9(15-14-7)8-6(10)3-2-4-12-8/h2-4,11H,5H2,1H3. The highest BCUT2D eigenvalue weighted by Gasteiger charge is 2.11. The Bertz CT molecular complexity index is 457. The first kappa shape index (κ1) is 10.3. The molecule has 0 saturated heterocycles. The van der Waals surface area contributed by atoms with Crippen LogP contribution in [0.25, 0.3) is 11.6 Å². The Balaban J connectivity index is 2.33. The number of hydrogen-bond donors (Lipinski definition) is 1. The third kappa shape index (κ3) is 2.21. The molecular formula is C9H9BrN4O. The molecule has 2 aromatic heterocycles. The lowest BCUT2D eigenvalue weighted by Gasteiger charge is -1.94. The molecule has 2 heterocycles. The van der Waals surface area contributed by atoms with Gasteiger partial charge in [-0.15, -0.1) is 0 Å². The van der Waals surface area contributed by atoms with Crippen molar-refractivity contribution in [3.8, 4) is 11.6 Å². The normalized spacial score (nSPS) is 10.5. The van der Waals surface area contributed by atoms with Crippen LogP contribution in [0, 0.1) is 0 Å². The van der Waals surface area contributed by atoms with E-state index in [2.05, 4.69) is 36.4 Å². The molecule has 0 aliphatic rings. The lowest BCUT2D eigenvalue weighted by molar-refractivity contribution is 0.419. The van der Waals surface area contributed by atoms with Crippen LogP contribution in [-0.2, 0) is 6.54 Å². The van der Waals surface area contributed by atoms with Crippen LogP contribution in [0.2, 0.25) is 0 Å². The predicted molar refractivity (Wildman–Crippen MR) is 58.0 cm³/mol. The van der Waals surface area contributed by atoms with E-state index < -0.39 is 0 Å². The van der Waals surface area contributed by atoms with Crippen molar-refractivity contribution in [2.24, 2.45) is 0 Å². The number of halogens is 1. The minimum atomic E-state index is 0.424. The number of pyridine rings is 1. The Labute approximate surface area is 95.0 Å². The molecule has 0 aliphatic heterocycles. The minimum Gasteiger partial charge on any atom is -0.332 e. The summed E-state index contributed by atoms with van der Waals surface area (Å²) in [5.74, 6) is 1.04. The van der Waals surface area contributed by atoms with Gasteiger partial charge >= 0.3 is 0 Å². The molecule has 2 rings (SSSR count). The van der Waals surface area contributed by atoms with E-state index in [4.69, 9.17) is 4.52 Å². The Morgan fingerprint density at radius 1 is 1.53 bits per heavy atom. The SMILES string of the molecule is CNCc1noc(-c2ncccc2Br)n1. The van der Waals surface area contributed by atoms with Crippen molar-refractivity contribution in [1.82, 2.24) is 20.4 Å². The Kier molecular flexibility index (Phi) is 3.08. The minimum absolute atomic E-state index is 0.424. The summed E-state index contributed by atoms with van der Waals surface area (Å²) in [6.45, 7) is 0.577. The summed E-state index contributed by atoms with van der Waals surface area (Å²) >= 11 is 3.38. The summed E-state index contributed by atoms with van der Waals surface area (Å²) in [7, 11) is 1.83. The largest absolute Gasteiger partial charge is 0.332 e. The molecule has 0 spiro atoms. The average Bonchev–Trinajstić information content (AvgIpc) is 2.68. The Morgan fingerprint density at radius 2 is 2.40 bits per heavy atom. The number of aromatic nitrogens is 3. The van der Waals surface area contributed by atoms with Crippen LogP contribution in [0.1, 0.15) is 5.82 Å². The van der Waals surface area contributed by atoms with E-state index in [1.807, 2.05) is 19.2 Å². The van der Waals surface area contributed by atoms with Gasteiger partial charge in [-0.25, -0.2) is 4.98 Å². The maximum absolute atomic E-state index is 5.09. The van der Waals surface area contributed by atoms with Gasteiger partial charge in [0.1, 0.15) is 5.69 Å². The van der Waals surface area contributed by atoms with Crippen molar-refractivity contribution < 1.29 is 4.52 Å². The molecule has 0 radical (unpaired) electrons. The topological polar surface area (TPSA) is 63.8 Å². The monoisotopic (exact) mass is 268 g/mol. The highest BCUT2D eigenvalue weighted by molar-refractivity contribution is 9.10. The van der Waals surface area contributed by atoms with Gasteiger partial charge in [0.15, 0.2) is 5.82 Å². The van der Waals surface area contributed by atoms with Gasteiger partial charge in [-0.1, -0.05) is 5.16 Å². The summed E-state index contributed by atoms with van der Waals surface area (Å²) in [6.07, 6.45) is 1.68. The summed E-state index contributed by atoms with van der Waals surface area (Å²) in [5.41, 5.74) is 0.660. The van der Waals surface area contributed by atoms with Crippen molar-refractivity contribution in [2.75, 3.05) is 7.05 Å². The number of rotatable bonds is 3. The van der Waals surface area contributed by atoms with Crippen molar-refractivity contribution in [3.05, 3.63) is 28.6 Å².